The molecule has 1 heterocycles. The molecule has 1 amide bonds. The molecule has 1 aromatic carbocycles. The van der Waals surface area contributed by atoms with Gasteiger partial charge in [0.05, 0.1) is 19.3 Å². The van der Waals surface area contributed by atoms with Gasteiger partial charge in [0, 0.05) is 11.3 Å². The molecular weight excluding hydrogens is 244 g/mol. The molecule has 0 spiro atoms. The standard InChI is InChI=1S/C14H20N2O3/c1-2-3-12(15)13(17)16-11-6-4-10(5-7-11)14-18-8-9-19-14/h4-7,12,14H,2-3,8-9,15H2,1H3,(H,16,17). The van der Waals surface area contributed by atoms with E-state index in [9.17, 15) is 4.79 Å². The van der Waals surface area contributed by atoms with Gasteiger partial charge in [-0.1, -0.05) is 25.5 Å². The Kier molecular flexibility index (Phi) is 4.90. The molecule has 0 aliphatic carbocycles. The third-order valence-electron chi connectivity index (χ3n) is 3.01. The van der Waals surface area contributed by atoms with Crippen molar-refractivity contribution >= 4 is 11.6 Å². The van der Waals surface area contributed by atoms with Crippen LogP contribution in [0.4, 0.5) is 5.69 Å². The van der Waals surface area contributed by atoms with Gasteiger partial charge in [-0.15, -0.1) is 0 Å². The summed E-state index contributed by atoms with van der Waals surface area (Å²) in [5, 5.41) is 2.80. The third kappa shape index (κ3) is 3.76. The number of carbonyl (C=O) groups excluding carboxylic acids is 1. The topological polar surface area (TPSA) is 73.6 Å². The van der Waals surface area contributed by atoms with Gasteiger partial charge in [0.1, 0.15) is 0 Å². The number of ether oxygens (including phenoxy) is 2. The summed E-state index contributed by atoms with van der Waals surface area (Å²) in [4.78, 5) is 11.8. The highest BCUT2D eigenvalue weighted by Gasteiger charge is 2.18. The molecule has 0 aromatic heterocycles. The van der Waals surface area contributed by atoms with Crippen LogP contribution in [0.2, 0.25) is 0 Å². The van der Waals surface area contributed by atoms with E-state index in [0.717, 1.165) is 17.7 Å². The maximum atomic E-state index is 11.8. The molecule has 1 saturated heterocycles. The number of rotatable bonds is 5. The third-order valence-corrected chi connectivity index (χ3v) is 3.01. The Labute approximate surface area is 113 Å². The lowest BCUT2D eigenvalue weighted by molar-refractivity contribution is -0.117. The molecule has 0 radical (unpaired) electrons. The molecule has 1 atom stereocenters. The average molecular weight is 264 g/mol. The van der Waals surface area contributed by atoms with E-state index in [2.05, 4.69) is 5.32 Å². The molecule has 19 heavy (non-hydrogen) atoms. The highest BCUT2D eigenvalue weighted by molar-refractivity contribution is 5.94. The van der Waals surface area contributed by atoms with Crippen LogP contribution in [0.3, 0.4) is 0 Å². The minimum Gasteiger partial charge on any atom is -0.346 e. The quantitative estimate of drug-likeness (QED) is 0.850. The number of amides is 1. The zero-order chi connectivity index (χ0) is 13.7. The zero-order valence-corrected chi connectivity index (χ0v) is 11.1. The van der Waals surface area contributed by atoms with Crippen molar-refractivity contribution < 1.29 is 14.3 Å². The molecule has 0 saturated carbocycles. The highest BCUT2D eigenvalue weighted by Crippen LogP contribution is 2.24. The lowest BCUT2D eigenvalue weighted by Crippen LogP contribution is -2.35. The number of carbonyl (C=O) groups is 1. The Bertz CT molecular complexity index is 413. The second kappa shape index (κ2) is 6.65. The van der Waals surface area contributed by atoms with Crippen LogP contribution in [0.25, 0.3) is 0 Å². The van der Waals surface area contributed by atoms with E-state index in [1.54, 1.807) is 0 Å². The SMILES string of the molecule is CCCC(N)C(=O)Nc1ccc(C2OCCO2)cc1. The van der Waals surface area contributed by atoms with Crippen molar-refractivity contribution in [1.29, 1.82) is 0 Å². The Morgan fingerprint density at radius 2 is 2.00 bits per heavy atom. The number of hydrogen-bond acceptors (Lipinski definition) is 4. The van der Waals surface area contributed by atoms with Crippen LogP contribution in [0.5, 0.6) is 0 Å². The summed E-state index contributed by atoms with van der Waals surface area (Å²) in [7, 11) is 0. The van der Waals surface area contributed by atoms with Crippen LogP contribution in [0.15, 0.2) is 24.3 Å². The van der Waals surface area contributed by atoms with Gasteiger partial charge < -0.3 is 20.5 Å². The maximum Gasteiger partial charge on any atom is 0.241 e. The lowest BCUT2D eigenvalue weighted by atomic mass is 10.1. The minimum absolute atomic E-state index is 0.150. The fraction of sp³-hybridized carbons (Fsp3) is 0.500. The number of nitrogens with two attached hydrogens (primary N) is 1. The number of nitrogens with one attached hydrogen (secondary N) is 1. The second-order valence-corrected chi connectivity index (χ2v) is 4.58. The van der Waals surface area contributed by atoms with Crippen molar-refractivity contribution in [3.05, 3.63) is 29.8 Å². The summed E-state index contributed by atoms with van der Waals surface area (Å²) in [5.74, 6) is -0.150. The van der Waals surface area contributed by atoms with Crippen molar-refractivity contribution in [2.75, 3.05) is 18.5 Å². The monoisotopic (exact) mass is 264 g/mol. The largest absolute Gasteiger partial charge is 0.346 e. The smallest absolute Gasteiger partial charge is 0.241 e. The molecule has 5 nitrogen and oxygen atoms in total. The van der Waals surface area contributed by atoms with Gasteiger partial charge in [-0.3, -0.25) is 4.79 Å². The average Bonchev–Trinajstić information content (AvgIpc) is 2.94. The van der Waals surface area contributed by atoms with E-state index in [1.165, 1.54) is 0 Å². The van der Waals surface area contributed by atoms with E-state index < -0.39 is 6.04 Å². The normalized spacial score (nSPS) is 17.4. The minimum atomic E-state index is -0.453. The predicted octanol–water partition coefficient (Wildman–Crippen LogP) is 1.80. The van der Waals surface area contributed by atoms with Crippen molar-refractivity contribution in [2.24, 2.45) is 5.73 Å². The van der Waals surface area contributed by atoms with Crippen LogP contribution in [0, 0.1) is 0 Å². The van der Waals surface area contributed by atoms with Gasteiger partial charge in [0.15, 0.2) is 6.29 Å². The lowest BCUT2D eigenvalue weighted by Gasteiger charge is -2.13. The van der Waals surface area contributed by atoms with Crippen LogP contribution >= 0.6 is 0 Å². The van der Waals surface area contributed by atoms with Crippen LogP contribution in [0.1, 0.15) is 31.6 Å². The Hall–Kier alpha value is -1.43. The zero-order valence-electron chi connectivity index (χ0n) is 11.1. The Morgan fingerprint density at radius 1 is 1.37 bits per heavy atom. The Morgan fingerprint density at radius 3 is 2.58 bits per heavy atom. The van der Waals surface area contributed by atoms with Crippen molar-refractivity contribution in [1.82, 2.24) is 0 Å². The molecule has 1 unspecified atom stereocenters. The molecule has 1 aromatic rings. The molecular formula is C14H20N2O3. The fourth-order valence-corrected chi connectivity index (χ4v) is 1.95. The van der Waals surface area contributed by atoms with Crippen LogP contribution < -0.4 is 11.1 Å². The van der Waals surface area contributed by atoms with E-state index in [4.69, 9.17) is 15.2 Å². The van der Waals surface area contributed by atoms with E-state index >= 15 is 0 Å². The molecule has 5 heteroatoms. The summed E-state index contributed by atoms with van der Waals surface area (Å²) in [6.07, 6.45) is 1.30. The number of hydrogen-bond donors (Lipinski definition) is 2. The van der Waals surface area contributed by atoms with E-state index in [-0.39, 0.29) is 12.2 Å². The Balaban J connectivity index is 1.92. The van der Waals surface area contributed by atoms with E-state index in [0.29, 0.717) is 19.6 Å². The number of anilines is 1. The second-order valence-electron chi connectivity index (χ2n) is 4.58. The molecule has 3 N–H and O–H groups in total. The van der Waals surface area contributed by atoms with Crippen molar-refractivity contribution in [2.45, 2.75) is 32.1 Å². The van der Waals surface area contributed by atoms with Gasteiger partial charge in [0.25, 0.3) is 0 Å². The van der Waals surface area contributed by atoms with Gasteiger partial charge in [-0.25, -0.2) is 0 Å². The predicted molar refractivity (Wildman–Crippen MR) is 72.6 cm³/mol. The number of benzene rings is 1. The molecule has 104 valence electrons. The van der Waals surface area contributed by atoms with Crippen LogP contribution in [-0.2, 0) is 14.3 Å². The highest BCUT2D eigenvalue weighted by atomic mass is 16.7. The van der Waals surface area contributed by atoms with Gasteiger partial charge >= 0.3 is 0 Å². The summed E-state index contributed by atoms with van der Waals surface area (Å²) in [6.45, 7) is 3.24. The molecule has 1 aliphatic heterocycles. The van der Waals surface area contributed by atoms with Gasteiger partial charge in [-0.05, 0) is 18.6 Å². The molecule has 1 fully saturated rings. The first kappa shape index (κ1) is 14.0. The maximum absolute atomic E-state index is 11.8. The van der Waals surface area contributed by atoms with Crippen molar-refractivity contribution in [3.8, 4) is 0 Å². The van der Waals surface area contributed by atoms with Crippen LogP contribution in [-0.4, -0.2) is 25.2 Å². The summed E-state index contributed by atoms with van der Waals surface area (Å²) in [5.41, 5.74) is 7.44. The summed E-state index contributed by atoms with van der Waals surface area (Å²) in [6, 6.07) is 6.98. The fourth-order valence-electron chi connectivity index (χ4n) is 1.95. The molecule has 2 rings (SSSR count). The summed E-state index contributed by atoms with van der Waals surface area (Å²) < 4.78 is 10.8. The first-order valence-corrected chi connectivity index (χ1v) is 6.60. The van der Waals surface area contributed by atoms with E-state index in [1.807, 2.05) is 31.2 Å². The molecule has 1 aliphatic rings. The van der Waals surface area contributed by atoms with Gasteiger partial charge in [-0.2, -0.15) is 0 Å². The molecule has 0 bridgehead atoms. The van der Waals surface area contributed by atoms with Gasteiger partial charge in [0.2, 0.25) is 5.91 Å². The summed E-state index contributed by atoms with van der Waals surface area (Å²) >= 11 is 0. The van der Waals surface area contributed by atoms with Crippen molar-refractivity contribution in [3.63, 3.8) is 0 Å². The first-order valence-electron chi connectivity index (χ1n) is 6.60. The first-order chi connectivity index (χ1) is 9.20.